The third kappa shape index (κ3) is 3.94. The van der Waals surface area contributed by atoms with Crippen molar-refractivity contribution in [3.63, 3.8) is 0 Å². The Balaban J connectivity index is 1.51. The normalized spacial score (nSPS) is 19.1. The van der Waals surface area contributed by atoms with E-state index in [1.54, 1.807) is 32.0 Å². The van der Waals surface area contributed by atoms with Crippen molar-refractivity contribution in [1.82, 2.24) is 9.97 Å². The van der Waals surface area contributed by atoms with Crippen LogP contribution in [0.3, 0.4) is 0 Å². The number of esters is 1. The molecule has 2 aliphatic heterocycles. The van der Waals surface area contributed by atoms with E-state index in [0.717, 1.165) is 11.8 Å². The lowest BCUT2D eigenvalue weighted by Gasteiger charge is -2.26. The highest BCUT2D eigenvalue weighted by Crippen LogP contribution is 2.42. The van der Waals surface area contributed by atoms with Crippen LogP contribution in [0.25, 0.3) is 0 Å². The fraction of sp³-hybridized carbons (Fsp3) is 0.292. The maximum Gasteiger partial charge on any atom is 0.421 e. The van der Waals surface area contributed by atoms with Gasteiger partial charge in [0.15, 0.2) is 5.82 Å². The third-order valence-corrected chi connectivity index (χ3v) is 5.86. The molecule has 0 aliphatic carbocycles. The van der Waals surface area contributed by atoms with Gasteiger partial charge in [0.05, 0.1) is 18.2 Å². The van der Waals surface area contributed by atoms with Gasteiger partial charge in [-0.1, -0.05) is 30.3 Å². The van der Waals surface area contributed by atoms with E-state index in [2.05, 4.69) is 15.3 Å². The SMILES string of the molecule is CC1(C)OC(=O)c2ccc(Nc3ncc(C(F)(F)F)c(N4OCC[C@H]4c4ccccc4)n3)cc21. The zero-order chi connectivity index (χ0) is 24.1. The van der Waals surface area contributed by atoms with Crippen molar-refractivity contribution in [2.75, 3.05) is 17.0 Å². The van der Waals surface area contributed by atoms with Crippen LogP contribution in [0.15, 0.2) is 54.7 Å². The number of alkyl halides is 3. The van der Waals surface area contributed by atoms with E-state index < -0.39 is 29.4 Å². The molecule has 1 atom stereocenters. The highest BCUT2D eigenvalue weighted by Gasteiger charge is 2.41. The number of aromatic nitrogens is 2. The number of nitrogens with one attached hydrogen (secondary N) is 1. The largest absolute Gasteiger partial charge is 0.451 e. The first kappa shape index (κ1) is 22.1. The number of hydrogen-bond donors (Lipinski definition) is 1. The van der Waals surface area contributed by atoms with Crippen LogP contribution < -0.4 is 10.4 Å². The number of rotatable bonds is 4. The topological polar surface area (TPSA) is 76.6 Å². The van der Waals surface area contributed by atoms with Crippen LogP contribution in [0.1, 0.15) is 53.4 Å². The van der Waals surface area contributed by atoms with Crippen LogP contribution in [0.4, 0.5) is 30.6 Å². The van der Waals surface area contributed by atoms with Gasteiger partial charge < -0.3 is 10.1 Å². The number of fused-ring (bicyclic) bond motifs is 1. The molecule has 1 N–H and O–H groups in total. The third-order valence-electron chi connectivity index (χ3n) is 5.86. The second-order valence-electron chi connectivity index (χ2n) is 8.59. The Morgan fingerprint density at radius 1 is 1.15 bits per heavy atom. The fourth-order valence-electron chi connectivity index (χ4n) is 4.23. The first-order valence-electron chi connectivity index (χ1n) is 10.7. The summed E-state index contributed by atoms with van der Waals surface area (Å²) in [4.78, 5) is 25.7. The number of benzene rings is 2. The van der Waals surface area contributed by atoms with Gasteiger partial charge in [-0.2, -0.15) is 18.2 Å². The molecule has 34 heavy (non-hydrogen) atoms. The molecule has 0 spiro atoms. The zero-order valence-corrected chi connectivity index (χ0v) is 18.4. The van der Waals surface area contributed by atoms with E-state index in [9.17, 15) is 18.0 Å². The van der Waals surface area contributed by atoms with Gasteiger partial charge in [0.2, 0.25) is 5.95 Å². The molecule has 0 bridgehead atoms. The maximum atomic E-state index is 13.8. The predicted molar refractivity (Wildman–Crippen MR) is 117 cm³/mol. The number of ether oxygens (including phenoxy) is 1. The van der Waals surface area contributed by atoms with Crippen LogP contribution in [0.2, 0.25) is 0 Å². The monoisotopic (exact) mass is 470 g/mol. The van der Waals surface area contributed by atoms with Crippen LogP contribution in [0.5, 0.6) is 0 Å². The van der Waals surface area contributed by atoms with Crippen molar-refractivity contribution in [1.29, 1.82) is 0 Å². The fourth-order valence-corrected chi connectivity index (χ4v) is 4.23. The minimum atomic E-state index is -4.67. The van der Waals surface area contributed by atoms with Crippen molar-refractivity contribution in [3.05, 3.63) is 77.0 Å². The highest BCUT2D eigenvalue weighted by atomic mass is 19.4. The number of carbonyl (C=O) groups is 1. The summed E-state index contributed by atoms with van der Waals surface area (Å²) in [5.41, 5.74) is 0.643. The van der Waals surface area contributed by atoms with E-state index in [0.29, 0.717) is 23.2 Å². The maximum absolute atomic E-state index is 13.8. The highest BCUT2D eigenvalue weighted by molar-refractivity contribution is 5.95. The van der Waals surface area contributed by atoms with Crippen LogP contribution in [0, 0.1) is 0 Å². The lowest BCUT2D eigenvalue weighted by Crippen LogP contribution is -2.26. The summed E-state index contributed by atoms with van der Waals surface area (Å²) < 4.78 is 46.9. The number of halogens is 3. The second-order valence-corrected chi connectivity index (χ2v) is 8.59. The summed E-state index contributed by atoms with van der Waals surface area (Å²) in [7, 11) is 0. The Hall–Kier alpha value is -3.66. The molecule has 1 aromatic heterocycles. The minimum absolute atomic E-state index is 0.0340. The lowest BCUT2D eigenvalue weighted by molar-refractivity contribution is -0.138. The number of anilines is 3. The molecule has 3 aromatic rings. The Morgan fingerprint density at radius 2 is 1.91 bits per heavy atom. The molecule has 2 aliphatic rings. The van der Waals surface area contributed by atoms with Crippen molar-refractivity contribution in [3.8, 4) is 0 Å². The van der Waals surface area contributed by atoms with Gasteiger partial charge in [0.25, 0.3) is 0 Å². The Morgan fingerprint density at radius 3 is 2.65 bits per heavy atom. The summed E-state index contributed by atoms with van der Waals surface area (Å²) in [6.45, 7) is 3.79. The quantitative estimate of drug-likeness (QED) is 0.503. The van der Waals surface area contributed by atoms with E-state index in [1.165, 1.54) is 5.06 Å². The summed E-state index contributed by atoms with van der Waals surface area (Å²) in [6.07, 6.45) is -3.41. The standard InChI is InChI=1S/C24H21F3N4O3/c1-23(2)17-12-15(8-9-16(17)21(32)34-23)29-22-28-13-18(24(25,26)27)20(30-22)31-19(10-11-33-31)14-6-4-3-5-7-14/h3-9,12-13,19H,10-11H2,1-2H3,(H,28,29,30)/t19-/m0/s1. The number of cyclic esters (lactones) is 1. The minimum Gasteiger partial charge on any atom is -0.451 e. The molecule has 1 fully saturated rings. The Kier molecular flexibility index (Phi) is 5.20. The molecule has 0 saturated carbocycles. The first-order chi connectivity index (χ1) is 16.1. The summed E-state index contributed by atoms with van der Waals surface area (Å²) >= 11 is 0. The molecule has 3 heterocycles. The van der Waals surface area contributed by atoms with Crippen LogP contribution in [-0.2, 0) is 21.4 Å². The van der Waals surface area contributed by atoms with E-state index >= 15 is 0 Å². The Labute approximate surface area is 193 Å². The van der Waals surface area contributed by atoms with Gasteiger partial charge in [-0.05, 0) is 37.6 Å². The molecule has 0 radical (unpaired) electrons. The predicted octanol–water partition coefficient (Wildman–Crippen LogP) is 5.53. The average molecular weight is 470 g/mol. The second kappa shape index (κ2) is 7.98. The summed E-state index contributed by atoms with van der Waals surface area (Å²) in [5, 5.41) is 4.16. The molecule has 176 valence electrons. The zero-order valence-electron chi connectivity index (χ0n) is 18.4. The molecule has 1 saturated heterocycles. The number of hydrogen-bond acceptors (Lipinski definition) is 7. The van der Waals surface area contributed by atoms with E-state index in [4.69, 9.17) is 9.57 Å². The summed E-state index contributed by atoms with van der Waals surface area (Å²) in [5.74, 6) is -0.817. The lowest BCUT2D eigenvalue weighted by atomic mass is 9.95. The first-order valence-corrected chi connectivity index (χ1v) is 10.7. The Bertz CT molecular complexity index is 1250. The molecule has 5 rings (SSSR count). The number of carbonyl (C=O) groups excluding carboxylic acids is 1. The molecule has 0 amide bonds. The molecule has 10 heteroatoms. The van der Waals surface area contributed by atoms with Crippen molar-refractivity contribution >= 4 is 23.4 Å². The van der Waals surface area contributed by atoms with Crippen LogP contribution >= 0.6 is 0 Å². The molecule has 2 aromatic carbocycles. The molecular weight excluding hydrogens is 449 g/mol. The number of nitrogens with zero attached hydrogens (tertiary/aromatic N) is 3. The van der Waals surface area contributed by atoms with Gasteiger partial charge in [0, 0.05) is 23.9 Å². The van der Waals surface area contributed by atoms with Gasteiger partial charge in [-0.3, -0.25) is 4.84 Å². The van der Waals surface area contributed by atoms with E-state index in [1.807, 2.05) is 30.3 Å². The van der Waals surface area contributed by atoms with Crippen LogP contribution in [-0.4, -0.2) is 22.5 Å². The van der Waals surface area contributed by atoms with Crippen molar-refractivity contribution in [2.24, 2.45) is 0 Å². The van der Waals surface area contributed by atoms with E-state index in [-0.39, 0.29) is 18.4 Å². The molecule has 7 nitrogen and oxygen atoms in total. The van der Waals surface area contributed by atoms with Gasteiger partial charge in [-0.25, -0.2) is 14.8 Å². The van der Waals surface area contributed by atoms with Crippen molar-refractivity contribution in [2.45, 2.75) is 38.1 Å². The van der Waals surface area contributed by atoms with Gasteiger partial charge >= 0.3 is 12.1 Å². The van der Waals surface area contributed by atoms with Gasteiger partial charge in [-0.15, -0.1) is 0 Å². The smallest absolute Gasteiger partial charge is 0.421 e. The summed E-state index contributed by atoms with van der Waals surface area (Å²) in [6, 6.07) is 13.7. The van der Waals surface area contributed by atoms with Gasteiger partial charge in [0.1, 0.15) is 11.2 Å². The average Bonchev–Trinajstić information content (AvgIpc) is 3.36. The molecule has 0 unspecified atom stereocenters. The molecular formula is C24H21F3N4O3. The number of hydroxylamine groups is 1. The van der Waals surface area contributed by atoms with Crippen molar-refractivity contribution < 1.29 is 27.5 Å².